The standard InChI is InChI=1S/C17H29N3O/c18-16-11-2-1-3-12(16)9-13(8-11)17(21)19-14-6-7-20(10-14)15-4-5-15/h11-16H,1-10,18H2,(H,19,21). The zero-order valence-corrected chi connectivity index (χ0v) is 13.0. The molecule has 3 atom stereocenters. The number of carbonyl (C=O) groups is 1. The molecule has 4 aliphatic rings. The predicted molar refractivity (Wildman–Crippen MR) is 82.7 cm³/mol. The lowest BCUT2D eigenvalue weighted by atomic mass is 9.65. The first kappa shape index (κ1) is 14.0. The Hall–Kier alpha value is -0.610. The lowest BCUT2D eigenvalue weighted by Crippen LogP contribution is -2.50. The topological polar surface area (TPSA) is 58.4 Å². The van der Waals surface area contributed by atoms with Crippen LogP contribution in [0.2, 0.25) is 0 Å². The fourth-order valence-electron chi connectivity index (χ4n) is 5.00. The first-order valence-electron chi connectivity index (χ1n) is 9.00. The fraction of sp³-hybridized carbons (Fsp3) is 0.941. The molecule has 0 aromatic rings. The monoisotopic (exact) mass is 291 g/mol. The van der Waals surface area contributed by atoms with Gasteiger partial charge in [-0.25, -0.2) is 0 Å². The molecule has 4 heteroatoms. The van der Waals surface area contributed by atoms with Gasteiger partial charge in [0.25, 0.3) is 0 Å². The maximum absolute atomic E-state index is 12.6. The van der Waals surface area contributed by atoms with Crippen LogP contribution in [-0.4, -0.2) is 42.0 Å². The Morgan fingerprint density at radius 3 is 2.43 bits per heavy atom. The van der Waals surface area contributed by atoms with Crippen LogP contribution in [0.25, 0.3) is 0 Å². The summed E-state index contributed by atoms with van der Waals surface area (Å²) < 4.78 is 0. The Morgan fingerprint density at radius 1 is 1.05 bits per heavy atom. The Labute approximate surface area is 127 Å². The van der Waals surface area contributed by atoms with Gasteiger partial charge < -0.3 is 11.1 Å². The van der Waals surface area contributed by atoms with Crippen molar-refractivity contribution in [3.05, 3.63) is 0 Å². The van der Waals surface area contributed by atoms with Gasteiger partial charge in [-0.1, -0.05) is 6.42 Å². The van der Waals surface area contributed by atoms with Crippen LogP contribution >= 0.6 is 0 Å². The Morgan fingerprint density at radius 2 is 1.76 bits per heavy atom. The maximum atomic E-state index is 12.6. The van der Waals surface area contributed by atoms with E-state index in [4.69, 9.17) is 5.73 Å². The summed E-state index contributed by atoms with van der Waals surface area (Å²) in [7, 11) is 0. The summed E-state index contributed by atoms with van der Waals surface area (Å²) in [4.78, 5) is 15.2. The summed E-state index contributed by atoms with van der Waals surface area (Å²) in [5, 5.41) is 3.34. The van der Waals surface area contributed by atoms with Crippen molar-refractivity contribution < 1.29 is 4.79 Å². The molecule has 0 aromatic heterocycles. The number of carbonyl (C=O) groups excluding carboxylic acids is 1. The minimum Gasteiger partial charge on any atom is -0.352 e. The molecule has 0 spiro atoms. The number of nitrogens with two attached hydrogens (primary N) is 1. The van der Waals surface area contributed by atoms with Crippen LogP contribution in [0.1, 0.15) is 51.4 Å². The predicted octanol–water partition coefficient (Wildman–Crippen LogP) is 1.49. The third-order valence-corrected chi connectivity index (χ3v) is 6.41. The number of likely N-dealkylation sites (tertiary alicyclic amines) is 1. The van der Waals surface area contributed by atoms with Crippen LogP contribution in [-0.2, 0) is 4.79 Å². The number of nitrogens with zero attached hydrogens (tertiary/aromatic N) is 1. The summed E-state index contributed by atoms with van der Waals surface area (Å²) in [6.45, 7) is 2.26. The molecule has 1 saturated heterocycles. The second kappa shape index (κ2) is 5.54. The van der Waals surface area contributed by atoms with Crippen LogP contribution in [0.3, 0.4) is 0 Å². The first-order valence-corrected chi connectivity index (χ1v) is 9.00. The maximum Gasteiger partial charge on any atom is 0.223 e. The van der Waals surface area contributed by atoms with Crippen molar-refractivity contribution in [3.63, 3.8) is 0 Å². The molecule has 3 saturated carbocycles. The van der Waals surface area contributed by atoms with Gasteiger partial charge in [-0.2, -0.15) is 0 Å². The van der Waals surface area contributed by atoms with Crippen molar-refractivity contribution in [3.8, 4) is 0 Å². The average molecular weight is 291 g/mol. The number of rotatable bonds is 3. The summed E-state index contributed by atoms with van der Waals surface area (Å²) >= 11 is 0. The van der Waals surface area contributed by atoms with E-state index in [2.05, 4.69) is 10.2 Å². The molecule has 1 heterocycles. The van der Waals surface area contributed by atoms with Gasteiger partial charge in [0.2, 0.25) is 5.91 Å². The third kappa shape index (κ3) is 2.85. The minimum absolute atomic E-state index is 0.232. The van der Waals surface area contributed by atoms with Crippen LogP contribution in [0, 0.1) is 17.8 Å². The van der Waals surface area contributed by atoms with Crippen LogP contribution in [0.5, 0.6) is 0 Å². The van der Waals surface area contributed by atoms with E-state index < -0.39 is 0 Å². The molecule has 2 bridgehead atoms. The van der Waals surface area contributed by atoms with Crippen LogP contribution in [0.4, 0.5) is 0 Å². The van der Waals surface area contributed by atoms with Gasteiger partial charge in [0.1, 0.15) is 0 Å². The molecule has 1 amide bonds. The van der Waals surface area contributed by atoms with Crippen molar-refractivity contribution in [2.75, 3.05) is 13.1 Å². The summed E-state index contributed by atoms with van der Waals surface area (Å²) in [6.07, 6.45) is 9.72. The summed E-state index contributed by atoms with van der Waals surface area (Å²) in [5.74, 6) is 1.75. The summed E-state index contributed by atoms with van der Waals surface area (Å²) in [5.41, 5.74) is 6.33. The molecule has 21 heavy (non-hydrogen) atoms. The van der Waals surface area contributed by atoms with E-state index in [1.54, 1.807) is 0 Å². The highest BCUT2D eigenvalue weighted by Crippen LogP contribution is 2.42. The SMILES string of the molecule is NC1C2CCCC1CC(C(=O)NC1CCN(C3CC3)C1)C2. The van der Waals surface area contributed by atoms with E-state index >= 15 is 0 Å². The highest BCUT2D eigenvalue weighted by Gasteiger charge is 2.41. The fourth-order valence-corrected chi connectivity index (χ4v) is 5.00. The molecule has 3 unspecified atom stereocenters. The van der Waals surface area contributed by atoms with Crippen LogP contribution < -0.4 is 11.1 Å². The van der Waals surface area contributed by atoms with Crippen molar-refractivity contribution in [1.29, 1.82) is 0 Å². The average Bonchev–Trinajstić information content (AvgIpc) is 3.19. The molecule has 1 aliphatic heterocycles. The second-order valence-corrected chi connectivity index (χ2v) is 7.92. The van der Waals surface area contributed by atoms with Crippen molar-refractivity contribution in [2.24, 2.45) is 23.5 Å². The van der Waals surface area contributed by atoms with E-state index in [1.165, 1.54) is 38.6 Å². The molecule has 3 N–H and O–H groups in total. The number of hydrogen-bond donors (Lipinski definition) is 2. The number of nitrogens with one attached hydrogen (secondary N) is 1. The van der Waals surface area contributed by atoms with Gasteiger partial charge >= 0.3 is 0 Å². The molecule has 4 fully saturated rings. The zero-order valence-electron chi connectivity index (χ0n) is 13.0. The molecular weight excluding hydrogens is 262 g/mol. The Balaban J connectivity index is 1.31. The van der Waals surface area contributed by atoms with Gasteiger partial charge in [0, 0.05) is 37.1 Å². The molecule has 118 valence electrons. The molecular formula is C17H29N3O. The minimum atomic E-state index is 0.232. The van der Waals surface area contributed by atoms with Crippen molar-refractivity contribution >= 4 is 5.91 Å². The van der Waals surface area contributed by atoms with Crippen LogP contribution in [0.15, 0.2) is 0 Å². The summed E-state index contributed by atoms with van der Waals surface area (Å²) in [6, 6.07) is 1.59. The normalized spacial score (nSPS) is 43.8. The van der Waals surface area contributed by atoms with Gasteiger partial charge in [-0.3, -0.25) is 9.69 Å². The largest absolute Gasteiger partial charge is 0.352 e. The third-order valence-electron chi connectivity index (χ3n) is 6.41. The molecule has 0 radical (unpaired) electrons. The highest BCUT2D eigenvalue weighted by atomic mass is 16.2. The quantitative estimate of drug-likeness (QED) is 0.828. The van der Waals surface area contributed by atoms with E-state index in [0.29, 0.717) is 29.8 Å². The van der Waals surface area contributed by atoms with E-state index in [9.17, 15) is 4.79 Å². The second-order valence-electron chi connectivity index (χ2n) is 7.92. The van der Waals surface area contributed by atoms with E-state index in [-0.39, 0.29) is 5.92 Å². The Kier molecular flexibility index (Phi) is 3.70. The van der Waals surface area contributed by atoms with Gasteiger partial charge in [-0.15, -0.1) is 0 Å². The first-order chi connectivity index (χ1) is 10.2. The lowest BCUT2D eigenvalue weighted by Gasteiger charge is -2.43. The number of hydrogen-bond acceptors (Lipinski definition) is 3. The lowest BCUT2D eigenvalue weighted by molar-refractivity contribution is -0.128. The molecule has 4 rings (SSSR count). The zero-order chi connectivity index (χ0) is 14.4. The van der Waals surface area contributed by atoms with Gasteiger partial charge in [0.15, 0.2) is 0 Å². The number of fused-ring (bicyclic) bond motifs is 2. The molecule has 4 nitrogen and oxygen atoms in total. The number of amides is 1. The van der Waals surface area contributed by atoms with Crippen molar-refractivity contribution in [2.45, 2.75) is 69.5 Å². The highest BCUT2D eigenvalue weighted by molar-refractivity contribution is 5.79. The van der Waals surface area contributed by atoms with Gasteiger partial charge in [-0.05, 0) is 56.8 Å². The molecule has 0 aromatic carbocycles. The molecule has 3 aliphatic carbocycles. The van der Waals surface area contributed by atoms with Crippen molar-refractivity contribution in [1.82, 2.24) is 10.2 Å². The van der Waals surface area contributed by atoms with Gasteiger partial charge in [0.05, 0.1) is 0 Å². The van der Waals surface area contributed by atoms with E-state index in [1.807, 2.05) is 0 Å². The Bertz CT molecular complexity index is 395. The van der Waals surface area contributed by atoms with E-state index in [0.717, 1.165) is 31.8 Å². The smallest absolute Gasteiger partial charge is 0.223 e.